The Morgan fingerprint density at radius 1 is 0.614 bits per heavy atom. The number of rotatable bonds is 12. The van der Waals surface area contributed by atoms with Crippen molar-refractivity contribution in [1.82, 2.24) is 10.6 Å². The Hall–Kier alpha value is -3.62. The third-order valence-electron chi connectivity index (χ3n) is 7.77. The zero-order valence-electron chi connectivity index (χ0n) is 24.4. The van der Waals surface area contributed by atoms with E-state index in [0.717, 1.165) is 47.5 Å². The third-order valence-corrected chi connectivity index (χ3v) is 9.01. The van der Waals surface area contributed by atoms with E-state index in [9.17, 15) is 9.59 Å². The van der Waals surface area contributed by atoms with E-state index in [1.807, 2.05) is 48.5 Å². The van der Waals surface area contributed by atoms with Gasteiger partial charge in [0.05, 0.1) is 22.2 Å². The minimum absolute atomic E-state index is 0.162. The van der Waals surface area contributed by atoms with Crippen LogP contribution in [0.5, 0.6) is 11.5 Å². The summed E-state index contributed by atoms with van der Waals surface area (Å²) >= 11 is 7.12. The molecule has 0 spiro atoms. The van der Waals surface area contributed by atoms with Crippen LogP contribution in [0.25, 0.3) is 0 Å². The van der Waals surface area contributed by atoms with Crippen LogP contribution in [0.15, 0.2) is 106 Å². The summed E-state index contributed by atoms with van der Waals surface area (Å²) in [5, 5.41) is 6.33. The average Bonchev–Trinajstić information content (AvgIpc) is 3.04. The van der Waals surface area contributed by atoms with Crippen LogP contribution in [0.1, 0.15) is 57.5 Å². The van der Waals surface area contributed by atoms with Gasteiger partial charge in [0.15, 0.2) is 0 Å². The molecule has 5 rings (SSSR count). The maximum absolute atomic E-state index is 13.2. The fourth-order valence-electron chi connectivity index (χ4n) is 5.35. The molecule has 2 atom stereocenters. The second-order valence-electron chi connectivity index (χ2n) is 10.9. The minimum atomic E-state index is -0.174. The Balaban J connectivity index is 1.13. The van der Waals surface area contributed by atoms with Gasteiger partial charge in [0, 0.05) is 36.1 Å². The molecule has 4 aromatic rings. The van der Waals surface area contributed by atoms with Gasteiger partial charge in [0.2, 0.25) is 0 Å². The van der Waals surface area contributed by atoms with Gasteiger partial charge in [-0.2, -0.15) is 0 Å². The lowest BCUT2D eigenvalue weighted by Crippen LogP contribution is -2.53. The zero-order valence-corrected chi connectivity index (χ0v) is 27.6. The first-order chi connectivity index (χ1) is 21.5. The summed E-state index contributed by atoms with van der Waals surface area (Å²) in [5.74, 6) is 1.04. The largest absolute Gasteiger partial charge is 0.492 e. The summed E-state index contributed by atoms with van der Waals surface area (Å²) in [4.78, 5) is 26.5. The molecule has 0 aliphatic heterocycles. The molecule has 8 heteroatoms. The highest BCUT2D eigenvalue weighted by Crippen LogP contribution is 2.28. The molecule has 1 saturated carbocycles. The lowest BCUT2D eigenvalue weighted by molar-refractivity contribution is 0.0862. The van der Waals surface area contributed by atoms with Gasteiger partial charge in [-0.15, -0.1) is 0 Å². The molecule has 0 radical (unpaired) electrons. The second kappa shape index (κ2) is 15.9. The summed E-state index contributed by atoms with van der Waals surface area (Å²) in [6, 6.07) is 30.8. The van der Waals surface area contributed by atoms with Crippen LogP contribution in [-0.4, -0.2) is 37.1 Å². The zero-order chi connectivity index (χ0) is 30.7. The van der Waals surface area contributed by atoms with Crippen molar-refractivity contribution in [3.05, 3.63) is 128 Å². The Kier molecular flexibility index (Phi) is 11.5. The van der Waals surface area contributed by atoms with Crippen molar-refractivity contribution in [2.75, 3.05) is 13.2 Å². The number of halogens is 2. The molecule has 6 nitrogen and oxygen atoms in total. The molecule has 0 saturated heterocycles. The predicted molar refractivity (Wildman–Crippen MR) is 181 cm³/mol. The summed E-state index contributed by atoms with van der Waals surface area (Å²) in [6.45, 7) is 1.08. The maximum Gasteiger partial charge on any atom is 0.251 e. The smallest absolute Gasteiger partial charge is 0.251 e. The van der Waals surface area contributed by atoms with Gasteiger partial charge in [-0.25, -0.2) is 0 Å². The SMILES string of the molecule is O=C(NC1CCCCC1NC(=O)c1ccc(OCCc2ccccc2)c(Br)c1)c1ccc(OCCc2ccccc2)c(Br)c1. The first-order valence-electron chi connectivity index (χ1n) is 15.0. The molecule has 1 aliphatic carbocycles. The molecule has 4 aromatic carbocycles. The van der Waals surface area contributed by atoms with Crippen LogP contribution in [0.2, 0.25) is 0 Å². The van der Waals surface area contributed by atoms with Crippen LogP contribution < -0.4 is 20.1 Å². The van der Waals surface area contributed by atoms with Crippen LogP contribution in [0.3, 0.4) is 0 Å². The molecule has 2 unspecified atom stereocenters. The van der Waals surface area contributed by atoms with Gasteiger partial charge in [-0.1, -0.05) is 73.5 Å². The number of carbonyl (C=O) groups is 2. The Morgan fingerprint density at radius 2 is 1.02 bits per heavy atom. The Bertz CT molecular complexity index is 1430. The second-order valence-corrected chi connectivity index (χ2v) is 12.6. The summed E-state index contributed by atoms with van der Waals surface area (Å²) in [5.41, 5.74) is 3.49. The molecule has 44 heavy (non-hydrogen) atoms. The Morgan fingerprint density at radius 3 is 1.41 bits per heavy atom. The van der Waals surface area contributed by atoms with Crippen molar-refractivity contribution in [3.63, 3.8) is 0 Å². The topological polar surface area (TPSA) is 76.7 Å². The number of carbonyl (C=O) groups excluding carboxylic acids is 2. The van der Waals surface area contributed by atoms with Crippen LogP contribution in [0.4, 0.5) is 0 Å². The highest BCUT2D eigenvalue weighted by atomic mass is 79.9. The summed E-state index contributed by atoms with van der Waals surface area (Å²) in [6.07, 6.45) is 5.19. The van der Waals surface area contributed by atoms with Crippen LogP contribution in [0, 0.1) is 0 Å². The van der Waals surface area contributed by atoms with E-state index >= 15 is 0 Å². The lowest BCUT2D eigenvalue weighted by atomic mass is 9.89. The van der Waals surface area contributed by atoms with E-state index in [-0.39, 0.29) is 23.9 Å². The summed E-state index contributed by atoms with van der Waals surface area (Å²) in [7, 11) is 0. The molecule has 0 aromatic heterocycles. The molecule has 1 aliphatic rings. The number of nitrogens with one attached hydrogen (secondary N) is 2. The number of hydrogen-bond donors (Lipinski definition) is 2. The number of amides is 2. The van der Waals surface area contributed by atoms with Crippen molar-refractivity contribution in [3.8, 4) is 11.5 Å². The maximum atomic E-state index is 13.2. The van der Waals surface area contributed by atoms with Crippen molar-refractivity contribution < 1.29 is 19.1 Å². The fraction of sp³-hybridized carbons (Fsp3) is 0.278. The molecule has 0 heterocycles. The standard InChI is InChI=1S/C36H36Br2N2O4/c37-29-23-27(15-17-33(29)43-21-19-25-9-3-1-4-10-25)35(41)39-31-13-7-8-14-32(31)40-36(42)28-16-18-34(30(38)24-28)44-22-20-26-11-5-2-6-12-26/h1-6,9-12,15-18,23-24,31-32H,7-8,13-14,19-22H2,(H,39,41)(H,40,42). The molecule has 2 amide bonds. The third kappa shape index (κ3) is 8.96. The van der Waals surface area contributed by atoms with Crippen molar-refractivity contribution in [2.45, 2.75) is 50.6 Å². The first-order valence-corrected chi connectivity index (χ1v) is 16.6. The van der Waals surface area contributed by atoms with Gasteiger partial charge in [-0.05, 0) is 92.2 Å². The van der Waals surface area contributed by atoms with Gasteiger partial charge in [-0.3, -0.25) is 9.59 Å². The van der Waals surface area contributed by atoms with Gasteiger partial charge in [0.1, 0.15) is 11.5 Å². The molecule has 2 N–H and O–H groups in total. The monoisotopic (exact) mass is 718 g/mol. The van der Waals surface area contributed by atoms with Crippen LogP contribution in [-0.2, 0) is 12.8 Å². The van der Waals surface area contributed by atoms with Crippen molar-refractivity contribution >= 4 is 43.7 Å². The van der Waals surface area contributed by atoms with E-state index in [0.29, 0.717) is 35.8 Å². The van der Waals surface area contributed by atoms with Crippen molar-refractivity contribution in [1.29, 1.82) is 0 Å². The van der Waals surface area contributed by atoms with Gasteiger partial charge in [0.25, 0.3) is 11.8 Å². The highest BCUT2D eigenvalue weighted by Gasteiger charge is 2.29. The lowest BCUT2D eigenvalue weighted by Gasteiger charge is -2.33. The number of hydrogen-bond acceptors (Lipinski definition) is 4. The minimum Gasteiger partial charge on any atom is -0.492 e. The van der Waals surface area contributed by atoms with E-state index in [1.165, 1.54) is 11.1 Å². The Labute approximate surface area is 275 Å². The normalized spacial score (nSPS) is 16.1. The molecule has 0 bridgehead atoms. The van der Waals surface area contributed by atoms with E-state index < -0.39 is 0 Å². The fourth-order valence-corrected chi connectivity index (χ4v) is 6.33. The van der Waals surface area contributed by atoms with E-state index in [2.05, 4.69) is 66.8 Å². The number of benzene rings is 4. The van der Waals surface area contributed by atoms with E-state index in [1.54, 1.807) is 24.3 Å². The highest BCUT2D eigenvalue weighted by molar-refractivity contribution is 9.10. The van der Waals surface area contributed by atoms with Gasteiger partial charge >= 0.3 is 0 Å². The van der Waals surface area contributed by atoms with Crippen molar-refractivity contribution in [2.24, 2.45) is 0 Å². The number of ether oxygens (including phenoxy) is 2. The van der Waals surface area contributed by atoms with Crippen LogP contribution >= 0.6 is 31.9 Å². The quantitative estimate of drug-likeness (QED) is 0.156. The molecular weight excluding hydrogens is 684 g/mol. The molecule has 228 valence electrons. The summed E-state index contributed by atoms with van der Waals surface area (Å²) < 4.78 is 13.3. The molecule has 1 fully saturated rings. The predicted octanol–water partition coefficient (Wildman–Crippen LogP) is 7.93. The molecular formula is C36H36Br2N2O4. The average molecular weight is 721 g/mol. The van der Waals surface area contributed by atoms with Gasteiger partial charge < -0.3 is 20.1 Å². The first kappa shape index (κ1) is 31.8. The van der Waals surface area contributed by atoms with E-state index in [4.69, 9.17) is 9.47 Å².